The average Bonchev–Trinajstić information content (AvgIpc) is 2.37. The van der Waals surface area contributed by atoms with Gasteiger partial charge in [-0.15, -0.1) is 0 Å². The Kier molecular flexibility index (Phi) is 4.04. The molecule has 0 aliphatic carbocycles. The lowest BCUT2D eigenvalue weighted by Gasteiger charge is -2.33. The number of halogens is 3. The van der Waals surface area contributed by atoms with Crippen molar-refractivity contribution in [2.75, 3.05) is 25.1 Å². The normalized spacial score (nSPS) is 19.2. The summed E-state index contributed by atoms with van der Waals surface area (Å²) in [5, 5.41) is 3.21. The number of anilines is 1. The van der Waals surface area contributed by atoms with Crippen LogP contribution in [-0.4, -0.2) is 19.8 Å². The minimum Gasteiger partial charge on any atom is -0.384 e. The predicted molar refractivity (Wildman–Crippen MR) is 68.1 cm³/mol. The first-order chi connectivity index (χ1) is 8.89. The van der Waals surface area contributed by atoms with Gasteiger partial charge in [0.1, 0.15) is 0 Å². The fraction of sp³-hybridized carbons (Fsp3) is 0.571. The summed E-state index contributed by atoms with van der Waals surface area (Å²) < 4.78 is 42.6. The first-order valence-corrected chi connectivity index (χ1v) is 6.38. The molecular weight excluding hydrogens is 255 g/mol. The molecule has 0 saturated carbocycles. The van der Waals surface area contributed by atoms with Crippen molar-refractivity contribution in [1.82, 2.24) is 0 Å². The number of rotatable bonds is 3. The zero-order chi connectivity index (χ0) is 13.9. The maximum absolute atomic E-state index is 12.4. The quantitative estimate of drug-likeness (QED) is 0.900. The average molecular weight is 273 g/mol. The summed E-state index contributed by atoms with van der Waals surface area (Å²) in [6.07, 6.45) is -2.33. The molecule has 1 aliphatic heterocycles. The molecule has 1 heterocycles. The molecule has 0 amide bonds. The molecule has 5 heteroatoms. The summed E-state index contributed by atoms with van der Waals surface area (Å²) in [7, 11) is 0. The maximum Gasteiger partial charge on any atom is 0.416 e. The number of benzene rings is 1. The summed E-state index contributed by atoms with van der Waals surface area (Å²) in [5.41, 5.74) is 0.261. The van der Waals surface area contributed by atoms with E-state index in [4.69, 9.17) is 4.74 Å². The van der Waals surface area contributed by atoms with E-state index >= 15 is 0 Å². The Morgan fingerprint density at radius 3 is 2.26 bits per heavy atom. The number of hydrogen-bond donors (Lipinski definition) is 1. The molecule has 1 saturated heterocycles. The SMILES string of the molecule is CC1(CNc2ccc(C(F)(F)F)cc2)CCOCC1. The van der Waals surface area contributed by atoms with Gasteiger partial charge in [0.05, 0.1) is 5.56 Å². The summed E-state index contributed by atoms with van der Waals surface area (Å²) in [6, 6.07) is 5.17. The van der Waals surface area contributed by atoms with Crippen LogP contribution < -0.4 is 5.32 Å². The van der Waals surface area contributed by atoms with Gasteiger partial charge in [0.25, 0.3) is 0 Å². The lowest BCUT2D eigenvalue weighted by molar-refractivity contribution is -0.137. The molecule has 0 aromatic heterocycles. The Morgan fingerprint density at radius 2 is 1.74 bits per heavy atom. The van der Waals surface area contributed by atoms with Crippen molar-refractivity contribution in [3.8, 4) is 0 Å². The second-order valence-corrected chi connectivity index (χ2v) is 5.35. The van der Waals surface area contributed by atoms with E-state index in [1.165, 1.54) is 12.1 Å². The molecule has 1 aromatic rings. The molecule has 1 N–H and O–H groups in total. The smallest absolute Gasteiger partial charge is 0.384 e. The summed E-state index contributed by atoms with van der Waals surface area (Å²) in [4.78, 5) is 0. The Balaban J connectivity index is 1.93. The Morgan fingerprint density at radius 1 is 1.16 bits per heavy atom. The third-order valence-electron chi connectivity index (χ3n) is 3.63. The van der Waals surface area contributed by atoms with Crippen molar-refractivity contribution in [2.45, 2.75) is 25.9 Å². The maximum atomic E-state index is 12.4. The Labute approximate surface area is 111 Å². The van der Waals surface area contributed by atoms with Gasteiger partial charge in [-0.1, -0.05) is 6.92 Å². The van der Waals surface area contributed by atoms with Gasteiger partial charge in [-0.2, -0.15) is 13.2 Å². The highest BCUT2D eigenvalue weighted by atomic mass is 19.4. The van der Waals surface area contributed by atoms with Gasteiger partial charge in [-0.25, -0.2) is 0 Å². The van der Waals surface area contributed by atoms with Crippen molar-refractivity contribution in [3.63, 3.8) is 0 Å². The number of ether oxygens (including phenoxy) is 1. The van der Waals surface area contributed by atoms with Gasteiger partial charge in [0.2, 0.25) is 0 Å². The van der Waals surface area contributed by atoms with E-state index in [-0.39, 0.29) is 5.41 Å². The van der Waals surface area contributed by atoms with E-state index in [1.807, 2.05) is 0 Å². The summed E-state index contributed by atoms with van der Waals surface area (Å²) in [6.45, 7) is 4.44. The van der Waals surface area contributed by atoms with Crippen molar-refractivity contribution < 1.29 is 17.9 Å². The molecule has 2 nitrogen and oxygen atoms in total. The van der Waals surface area contributed by atoms with Crippen LogP contribution in [0.15, 0.2) is 24.3 Å². The van der Waals surface area contributed by atoms with Crippen LogP contribution in [0.3, 0.4) is 0 Å². The first-order valence-electron chi connectivity index (χ1n) is 6.38. The minimum absolute atomic E-state index is 0.154. The molecule has 2 rings (SSSR count). The molecule has 0 spiro atoms. The lowest BCUT2D eigenvalue weighted by atomic mass is 9.82. The van der Waals surface area contributed by atoms with E-state index in [0.717, 1.165) is 50.4 Å². The standard InChI is InChI=1S/C14H18F3NO/c1-13(6-8-19-9-7-13)10-18-12-4-2-11(3-5-12)14(15,16)17/h2-5,18H,6-10H2,1H3. The van der Waals surface area contributed by atoms with Crippen molar-refractivity contribution >= 4 is 5.69 Å². The molecule has 1 fully saturated rings. The van der Waals surface area contributed by atoms with Crippen LogP contribution in [0.1, 0.15) is 25.3 Å². The molecule has 1 aromatic carbocycles. The van der Waals surface area contributed by atoms with Crippen LogP contribution in [0.25, 0.3) is 0 Å². The molecule has 19 heavy (non-hydrogen) atoms. The number of hydrogen-bond acceptors (Lipinski definition) is 2. The number of alkyl halides is 3. The van der Waals surface area contributed by atoms with Gasteiger partial charge < -0.3 is 10.1 Å². The minimum atomic E-state index is -4.27. The fourth-order valence-corrected chi connectivity index (χ4v) is 2.13. The van der Waals surface area contributed by atoms with Crippen LogP contribution >= 0.6 is 0 Å². The Bertz CT molecular complexity index is 408. The van der Waals surface area contributed by atoms with E-state index in [0.29, 0.717) is 0 Å². The van der Waals surface area contributed by atoms with E-state index in [9.17, 15) is 13.2 Å². The van der Waals surface area contributed by atoms with Crippen molar-refractivity contribution in [1.29, 1.82) is 0 Å². The van der Waals surface area contributed by atoms with Gasteiger partial charge >= 0.3 is 6.18 Å². The molecule has 0 unspecified atom stereocenters. The third kappa shape index (κ3) is 3.86. The Hall–Kier alpha value is -1.23. The monoisotopic (exact) mass is 273 g/mol. The van der Waals surface area contributed by atoms with E-state index in [2.05, 4.69) is 12.2 Å². The topological polar surface area (TPSA) is 21.3 Å². The predicted octanol–water partition coefficient (Wildman–Crippen LogP) is 3.93. The second kappa shape index (κ2) is 5.41. The lowest BCUT2D eigenvalue weighted by Crippen LogP contribution is -2.33. The van der Waals surface area contributed by atoms with Crippen molar-refractivity contribution in [2.24, 2.45) is 5.41 Å². The van der Waals surface area contributed by atoms with Crippen LogP contribution in [0.5, 0.6) is 0 Å². The summed E-state index contributed by atoms with van der Waals surface area (Å²) in [5.74, 6) is 0. The zero-order valence-electron chi connectivity index (χ0n) is 10.9. The highest BCUT2D eigenvalue weighted by Gasteiger charge is 2.30. The van der Waals surface area contributed by atoms with Crippen LogP contribution in [0, 0.1) is 5.41 Å². The molecule has 1 aliphatic rings. The fourth-order valence-electron chi connectivity index (χ4n) is 2.13. The first kappa shape index (κ1) is 14.2. The molecule has 0 radical (unpaired) electrons. The van der Waals surface area contributed by atoms with E-state index in [1.54, 1.807) is 0 Å². The largest absolute Gasteiger partial charge is 0.416 e. The van der Waals surface area contributed by atoms with Crippen LogP contribution in [-0.2, 0) is 10.9 Å². The highest BCUT2D eigenvalue weighted by molar-refractivity contribution is 5.45. The van der Waals surface area contributed by atoms with Gasteiger partial charge in [0.15, 0.2) is 0 Å². The third-order valence-corrected chi connectivity index (χ3v) is 3.63. The molecule has 106 valence electrons. The van der Waals surface area contributed by atoms with Gasteiger partial charge in [0, 0.05) is 25.4 Å². The van der Waals surface area contributed by atoms with Crippen LogP contribution in [0.2, 0.25) is 0 Å². The molecular formula is C14H18F3NO. The van der Waals surface area contributed by atoms with E-state index < -0.39 is 11.7 Å². The second-order valence-electron chi connectivity index (χ2n) is 5.35. The molecule has 0 atom stereocenters. The van der Waals surface area contributed by atoms with Gasteiger partial charge in [-0.3, -0.25) is 0 Å². The van der Waals surface area contributed by atoms with Crippen molar-refractivity contribution in [3.05, 3.63) is 29.8 Å². The number of nitrogens with one attached hydrogen (secondary N) is 1. The molecule has 0 bridgehead atoms. The van der Waals surface area contributed by atoms with Gasteiger partial charge in [-0.05, 0) is 42.5 Å². The summed E-state index contributed by atoms with van der Waals surface area (Å²) >= 11 is 0. The zero-order valence-corrected chi connectivity index (χ0v) is 10.9. The highest BCUT2D eigenvalue weighted by Crippen LogP contribution is 2.32. The van der Waals surface area contributed by atoms with Crippen LogP contribution in [0.4, 0.5) is 18.9 Å².